The normalized spacial score (nSPS) is 11.1. The number of rotatable bonds is 5. The van der Waals surface area contributed by atoms with Crippen LogP contribution in [0.4, 0.5) is 10.9 Å². The van der Waals surface area contributed by atoms with Crippen molar-refractivity contribution in [3.63, 3.8) is 0 Å². The molecule has 0 aliphatic rings. The third-order valence-electron chi connectivity index (χ3n) is 3.01. The lowest BCUT2D eigenvalue weighted by Crippen LogP contribution is -1.98. The van der Waals surface area contributed by atoms with Gasteiger partial charge in [-0.15, -0.1) is 10.2 Å². The van der Waals surface area contributed by atoms with Gasteiger partial charge in [-0.1, -0.05) is 35.1 Å². The summed E-state index contributed by atoms with van der Waals surface area (Å²) in [6.07, 6.45) is 2.80. The van der Waals surface area contributed by atoms with Crippen LogP contribution in [0.15, 0.2) is 35.6 Å². The summed E-state index contributed by atoms with van der Waals surface area (Å²) in [5.74, 6) is 0.254. The molecule has 9 nitrogen and oxygen atoms in total. The molecular formula is C13H10ClN7O2S. The van der Waals surface area contributed by atoms with Crippen LogP contribution in [0.5, 0.6) is 0 Å². The van der Waals surface area contributed by atoms with Gasteiger partial charge in [-0.05, 0) is 22.6 Å². The highest BCUT2D eigenvalue weighted by Crippen LogP contribution is 2.27. The van der Waals surface area contributed by atoms with Gasteiger partial charge in [-0.25, -0.2) is 9.55 Å². The average Bonchev–Trinajstić information content (AvgIpc) is 3.15. The lowest BCUT2D eigenvalue weighted by atomic mass is 10.2. The zero-order valence-electron chi connectivity index (χ0n) is 12.3. The van der Waals surface area contributed by atoms with Crippen LogP contribution in [-0.2, 0) is 7.05 Å². The molecule has 0 atom stereocenters. The summed E-state index contributed by atoms with van der Waals surface area (Å²) in [5, 5.41) is 24.3. The number of aromatic nitrogens is 4. The third-order valence-corrected chi connectivity index (χ3v) is 4.09. The molecule has 122 valence electrons. The van der Waals surface area contributed by atoms with E-state index < -0.39 is 4.92 Å². The Morgan fingerprint density at radius 3 is 2.79 bits per heavy atom. The molecule has 0 saturated carbocycles. The highest BCUT2D eigenvalue weighted by atomic mass is 35.5. The SMILES string of the molecule is Cn1c([N+](=O)[O-])cnc1-c1nnc(N/N=C/c2ccc(Cl)cc2)s1. The highest BCUT2D eigenvalue weighted by molar-refractivity contribution is 7.18. The van der Waals surface area contributed by atoms with Crippen molar-refractivity contribution in [2.24, 2.45) is 12.1 Å². The van der Waals surface area contributed by atoms with Crippen LogP contribution in [-0.4, -0.2) is 30.9 Å². The Balaban J connectivity index is 1.72. The molecule has 0 bridgehead atoms. The molecular weight excluding hydrogens is 354 g/mol. The van der Waals surface area contributed by atoms with Gasteiger partial charge in [0.15, 0.2) is 0 Å². The predicted octanol–water partition coefficient (Wildman–Crippen LogP) is 2.95. The van der Waals surface area contributed by atoms with E-state index in [9.17, 15) is 10.1 Å². The second-order valence-corrected chi connectivity index (χ2v) is 6.00. The summed E-state index contributed by atoms with van der Waals surface area (Å²) in [7, 11) is 1.55. The van der Waals surface area contributed by atoms with Crippen molar-refractivity contribution in [3.8, 4) is 10.8 Å². The number of nitrogens with zero attached hydrogens (tertiary/aromatic N) is 6. The van der Waals surface area contributed by atoms with Crippen molar-refractivity contribution >= 4 is 40.1 Å². The molecule has 0 spiro atoms. The van der Waals surface area contributed by atoms with E-state index in [-0.39, 0.29) is 5.82 Å². The minimum atomic E-state index is -0.507. The van der Waals surface area contributed by atoms with E-state index in [4.69, 9.17) is 11.6 Å². The van der Waals surface area contributed by atoms with Crippen molar-refractivity contribution in [2.75, 3.05) is 5.43 Å². The van der Waals surface area contributed by atoms with Crippen molar-refractivity contribution < 1.29 is 4.92 Å². The van der Waals surface area contributed by atoms with Gasteiger partial charge in [0.05, 0.1) is 13.3 Å². The van der Waals surface area contributed by atoms with Crippen molar-refractivity contribution in [2.45, 2.75) is 0 Å². The van der Waals surface area contributed by atoms with Gasteiger partial charge in [-0.3, -0.25) is 5.43 Å². The number of nitrogens with one attached hydrogen (secondary N) is 1. The second kappa shape index (κ2) is 6.72. The molecule has 2 aromatic heterocycles. The molecule has 3 rings (SSSR count). The Kier molecular flexibility index (Phi) is 4.49. The number of hydrazone groups is 1. The Bertz CT molecular complexity index is 903. The highest BCUT2D eigenvalue weighted by Gasteiger charge is 2.21. The molecule has 0 aliphatic carbocycles. The number of imidazole rings is 1. The summed E-state index contributed by atoms with van der Waals surface area (Å²) in [4.78, 5) is 14.3. The number of halogens is 1. The second-order valence-electron chi connectivity index (χ2n) is 4.59. The van der Waals surface area contributed by atoms with Crippen LogP contribution in [0.2, 0.25) is 5.02 Å². The Morgan fingerprint density at radius 2 is 2.12 bits per heavy atom. The van der Waals surface area contributed by atoms with Gasteiger partial charge in [0.25, 0.3) is 5.82 Å². The molecule has 1 N–H and O–H groups in total. The molecule has 1 aromatic carbocycles. The first-order valence-electron chi connectivity index (χ1n) is 6.59. The molecule has 24 heavy (non-hydrogen) atoms. The monoisotopic (exact) mass is 363 g/mol. The van der Waals surface area contributed by atoms with Gasteiger partial charge in [0, 0.05) is 5.02 Å². The number of hydrogen-bond donors (Lipinski definition) is 1. The molecule has 2 heterocycles. The van der Waals surface area contributed by atoms with E-state index in [0.29, 0.717) is 21.0 Å². The molecule has 0 saturated heterocycles. The lowest BCUT2D eigenvalue weighted by molar-refractivity contribution is -0.391. The van der Waals surface area contributed by atoms with Crippen molar-refractivity contribution in [1.82, 2.24) is 19.7 Å². The summed E-state index contributed by atoms with van der Waals surface area (Å²) in [5.41, 5.74) is 3.63. The molecule has 0 aliphatic heterocycles. The number of benzene rings is 1. The van der Waals surface area contributed by atoms with Crippen LogP contribution in [0.25, 0.3) is 10.8 Å². The smallest absolute Gasteiger partial charge is 0.342 e. The molecule has 0 unspecified atom stereocenters. The van der Waals surface area contributed by atoms with E-state index in [1.54, 1.807) is 25.4 Å². The van der Waals surface area contributed by atoms with Crippen LogP contribution in [0.3, 0.4) is 0 Å². The first-order chi connectivity index (χ1) is 11.5. The average molecular weight is 364 g/mol. The first kappa shape index (κ1) is 16.0. The van der Waals surface area contributed by atoms with Crippen LogP contribution < -0.4 is 5.43 Å². The zero-order chi connectivity index (χ0) is 17.1. The summed E-state index contributed by atoms with van der Waals surface area (Å²) < 4.78 is 1.35. The first-order valence-corrected chi connectivity index (χ1v) is 7.78. The van der Waals surface area contributed by atoms with Gasteiger partial charge in [0.1, 0.15) is 6.20 Å². The van der Waals surface area contributed by atoms with E-state index >= 15 is 0 Å². The fourth-order valence-electron chi connectivity index (χ4n) is 1.84. The zero-order valence-corrected chi connectivity index (χ0v) is 13.8. The van der Waals surface area contributed by atoms with E-state index in [0.717, 1.165) is 5.56 Å². The summed E-state index contributed by atoms with van der Waals surface area (Å²) >= 11 is 7.00. The maximum Gasteiger partial charge on any atom is 0.342 e. The minimum absolute atomic E-state index is 0.115. The minimum Gasteiger partial charge on any atom is -0.358 e. The van der Waals surface area contributed by atoms with Gasteiger partial charge in [-0.2, -0.15) is 5.10 Å². The quantitative estimate of drug-likeness (QED) is 0.423. The molecule has 0 amide bonds. The number of nitro groups is 1. The van der Waals surface area contributed by atoms with Crippen LogP contribution in [0.1, 0.15) is 5.56 Å². The lowest BCUT2D eigenvalue weighted by Gasteiger charge is -1.95. The maximum absolute atomic E-state index is 10.8. The van der Waals surface area contributed by atoms with E-state index in [2.05, 4.69) is 25.7 Å². The number of anilines is 1. The third kappa shape index (κ3) is 3.39. The molecule has 3 aromatic rings. The molecule has 11 heteroatoms. The van der Waals surface area contributed by atoms with Gasteiger partial charge >= 0.3 is 5.82 Å². The summed E-state index contributed by atoms with van der Waals surface area (Å²) in [6, 6.07) is 7.18. The van der Waals surface area contributed by atoms with E-state index in [1.807, 2.05) is 12.1 Å². The number of hydrogen-bond acceptors (Lipinski definition) is 8. The maximum atomic E-state index is 10.8. The van der Waals surface area contributed by atoms with Crippen molar-refractivity contribution in [3.05, 3.63) is 51.2 Å². The topological polar surface area (TPSA) is 111 Å². The standard InChI is InChI=1S/C13H10ClN7O2S/c1-20-10(21(22)23)7-15-11(20)12-17-19-13(24-12)18-16-6-8-2-4-9(14)5-3-8/h2-7H,1H3,(H,18,19)/b16-6+. The molecule has 0 radical (unpaired) electrons. The van der Waals surface area contributed by atoms with Crippen molar-refractivity contribution in [1.29, 1.82) is 0 Å². The van der Waals surface area contributed by atoms with Gasteiger partial charge < -0.3 is 10.1 Å². The Labute approximate surface area is 144 Å². The Morgan fingerprint density at radius 1 is 1.38 bits per heavy atom. The Hall–Kier alpha value is -2.85. The fraction of sp³-hybridized carbons (Fsp3) is 0.0769. The predicted molar refractivity (Wildman–Crippen MR) is 91.4 cm³/mol. The van der Waals surface area contributed by atoms with Crippen LogP contribution in [0, 0.1) is 10.1 Å². The fourth-order valence-corrected chi connectivity index (χ4v) is 2.69. The summed E-state index contributed by atoms with van der Waals surface area (Å²) in [6.45, 7) is 0. The van der Waals surface area contributed by atoms with Crippen LogP contribution >= 0.6 is 22.9 Å². The largest absolute Gasteiger partial charge is 0.358 e. The van der Waals surface area contributed by atoms with Gasteiger partial charge in [0.2, 0.25) is 10.1 Å². The molecule has 0 fully saturated rings. The van der Waals surface area contributed by atoms with E-state index in [1.165, 1.54) is 22.1 Å².